The topological polar surface area (TPSA) is 128 Å². The first-order chi connectivity index (χ1) is 10.8. The van der Waals surface area contributed by atoms with Crippen molar-refractivity contribution in [3.05, 3.63) is 66.3 Å². The van der Waals surface area contributed by atoms with Gasteiger partial charge in [-0.15, -0.1) is 0 Å². The molecule has 1 heterocycles. The van der Waals surface area contributed by atoms with Gasteiger partial charge in [-0.25, -0.2) is 4.98 Å². The van der Waals surface area contributed by atoms with Crippen molar-refractivity contribution in [1.29, 1.82) is 0 Å². The number of benzene rings is 1. The molecule has 2 rings (SSSR count). The Morgan fingerprint density at radius 2 is 1.70 bits per heavy atom. The Hall–Kier alpha value is -2.88. The normalized spacial score (nSPS) is 10.2. The number of hydrogen-bond donors (Lipinski definition) is 1. The number of anilines is 1. The van der Waals surface area contributed by atoms with Gasteiger partial charge in [-0.2, -0.15) is 0 Å². The lowest BCUT2D eigenvalue weighted by molar-refractivity contribution is -0.394. The number of carbonyl (C=O) groups is 1. The highest BCUT2D eigenvalue weighted by molar-refractivity contribution is 9.10. The van der Waals surface area contributed by atoms with Crippen molar-refractivity contribution in [1.82, 2.24) is 4.98 Å². The van der Waals surface area contributed by atoms with Crippen molar-refractivity contribution in [2.45, 2.75) is 6.92 Å². The number of halogens is 1. The number of nitro groups is 2. The van der Waals surface area contributed by atoms with Crippen molar-refractivity contribution in [2.75, 3.05) is 5.32 Å². The summed E-state index contributed by atoms with van der Waals surface area (Å²) in [6.45, 7) is 1.71. The Labute approximate surface area is 137 Å². The molecule has 0 radical (unpaired) electrons. The number of nitro benzene ring substituents is 2. The zero-order valence-electron chi connectivity index (χ0n) is 11.6. The minimum Gasteiger partial charge on any atom is -0.306 e. The second-order valence-corrected chi connectivity index (χ2v) is 5.44. The Morgan fingerprint density at radius 1 is 1.13 bits per heavy atom. The molecule has 0 aliphatic heterocycles. The van der Waals surface area contributed by atoms with Gasteiger partial charge in [0, 0.05) is 22.8 Å². The third kappa shape index (κ3) is 3.86. The van der Waals surface area contributed by atoms with E-state index in [0.717, 1.165) is 22.7 Å². The van der Waals surface area contributed by atoms with Gasteiger partial charge in [0.25, 0.3) is 17.3 Å². The van der Waals surface area contributed by atoms with E-state index >= 15 is 0 Å². The summed E-state index contributed by atoms with van der Waals surface area (Å²) in [6, 6.07) is 4.45. The summed E-state index contributed by atoms with van der Waals surface area (Å²) in [5.41, 5.74) is -0.614. The summed E-state index contributed by atoms with van der Waals surface area (Å²) >= 11 is 3.23. The fraction of sp³-hybridized carbons (Fsp3) is 0.0769. The van der Waals surface area contributed by atoms with Crippen molar-refractivity contribution < 1.29 is 14.6 Å². The zero-order valence-corrected chi connectivity index (χ0v) is 13.2. The molecule has 0 atom stereocenters. The van der Waals surface area contributed by atoms with Crippen LogP contribution < -0.4 is 5.32 Å². The maximum Gasteiger partial charge on any atom is 0.277 e. The summed E-state index contributed by atoms with van der Waals surface area (Å²) < 4.78 is 0.721. The van der Waals surface area contributed by atoms with Crippen LogP contribution in [0.1, 0.15) is 15.9 Å². The molecule has 0 saturated carbocycles. The van der Waals surface area contributed by atoms with E-state index in [1.807, 2.05) is 0 Å². The molecule has 0 bridgehead atoms. The number of aryl methyl sites for hydroxylation is 1. The van der Waals surface area contributed by atoms with Crippen LogP contribution in [0.2, 0.25) is 0 Å². The molecule has 9 nitrogen and oxygen atoms in total. The minimum atomic E-state index is -0.799. The van der Waals surface area contributed by atoms with E-state index in [9.17, 15) is 25.0 Å². The SMILES string of the molecule is Cc1cc(Br)cnc1NC(=O)c1cc([N+](=O)[O-])cc([N+](=O)[O-])c1. The molecular formula is C13H9BrN4O5. The third-order valence-corrected chi connectivity index (χ3v) is 3.30. The van der Waals surface area contributed by atoms with Gasteiger partial charge in [-0.1, -0.05) is 0 Å². The first-order valence-corrected chi connectivity index (χ1v) is 6.94. The lowest BCUT2D eigenvalue weighted by Gasteiger charge is -2.07. The first kappa shape index (κ1) is 16.5. The van der Waals surface area contributed by atoms with Gasteiger partial charge in [0.2, 0.25) is 0 Å². The van der Waals surface area contributed by atoms with Crippen molar-refractivity contribution >= 4 is 39.0 Å². The van der Waals surface area contributed by atoms with Crippen LogP contribution in [0.15, 0.2) is 34.9 Å². The number of hydrogen-bond acceptors (Lipinski definition) is 6. The van der Waals surface area contributed by atoms with Crippen LogP contribution >= 0.6 is 15.9 Å². The average molecular weight is 381 g/mol. The molecule has 2 aromatic rings. The molecule has 23 heavy (non-hydrogen) atoms. The Kier molecular flexibility index (Phi) is 4.65. The van der Waals surface area contributed by atoms with Crippen molar-refractivity contribution in [2.24, 2.45) is 0 Å². The van der Waals surface area contributed by atoms with E-state index in [-0.39, 0.29) is 11.4 Å². The number of rotatable bonds is 4. The number of nitrogens with zero attached hydrogens (tertiary/aromatic N) is 3. The molecule has 0 aliphatic rings. The van der Waals surface area contributed by atoms with E-state index in [1.54, 1.807) is 13.0 Å². The molecular weight excluding hydrogens is 372 g/mol. The van der Waals surface area contributed by atoms with Crippen LogP contribution in [-0.2, 0) is 0 Å². The van der Waals surface area contributed by atoms with Crippen molar-refractivity contribution in [3.8, 4) is 0 Å². The van der Waals surface area contributed by atoms with Gasteiger partial charge in [-0.3, -0.25) is 25.0 Å². The maximum absolute atomic E-state index is 12.2. The van der Waals surface area contributed by atoms with E-state index in [1.165, 1.54) is 6.20 Å². The average Bonchev–Trinajstić information content (AvgIpc) is 2.49. The highest BCUT2D eigenvalue weighted by Gasteiger charge is 2.20. The summed E-state index contributed by atoms with van der Waals surface area (Å²) in [4.78, 5) is 36.3. The highest BCUT2D eigenvalue weighted by atomic mass is 79.9. The third-order valence-electron chi connectivity index (χ3n) is 2.86. The van der Waals surface area contributed by atoms with E-state index in [4.69, 9.17) is 0 Å². The first-order valence-electron chi connectivity index (χ1n) is 6.15. The predicted octanol–water partition coefficient (Wildman–Crippen LogP) is 3.22. The lowest BCUT2D eigenvalue weighted by atomic mass is 10.1. The van der Waals surface area contributed by atoms with Crippen molar-refractivity contribution in [3.63, 3.8) is 0 Å². The van der Waals surface area contributed by atoms with Gasteiger partial charge < -0.3 is 5.32 Å². The molecule has 1 amide bonds. The number of amides is 1. The van der Waals surface area contributed by atoms with Crippen LogP contribution in [0.25, 0.3) is 0 Å². The second-order valence-electron chi connectivity index (χ2n) is 4.53. The molecule has 0 unspecified atom stereocenters. The second kappa shape index (κ2) is 6.48. The van der Waals surface area contributed by atoms with E-state index < -0.39 is 27.1 Å². The fourth-order valence-corrected chi connectivity index (χ4v) is 2.23. The standard InChI is InChI=1S/C13H9BrN4O5/c1-7-2-9(14)6-15-12(7)16-13(19)8-3-10(17(20)21)5-11(4-8)18(22)23/h2-6H,1H3,(H,15,16,19). The van der Waals surface area contributed by atoms with Gasteiger partial charge in [-0.05, 0) is 34.5 Å². The lowest BCUT2D eigenvalue weighted by Crippen LogP contribution is -2.14. The summed E-state index contributed by atoms with van der Waals surface area (Å²) in [5, 5.41) is 24.1. The molecule has 0 spiro atoms. The van der Waals surface area contributed by atoms with Gasteiger partial charge in [0.15, 0.2) is 0 Å². The number of non-ortho nitro benzene ring substituents is 2. The molecule has 0 fully saturated rings. The van der Waals surface area contributed by atoms with Crippen LogP contribution in [0.4, 0.5) is 17.2 Å². The largest absolute Gasteiger partial charge is 0.306 e. The van der Waals surface area contributed by atoms with Gasteiger partial charge >= 0.3 is 0 Å². The van der Waals surface area contributed by atoms with E-state index in [2.05, 4.69) is 26.2 Å². The van der Waals surface area contributed by atoms with Crippen LogP contribution in [0, 0.1) is 27.2 Å². The smallest absolute Gasteiger partial charge is 0.277 e. The number of carbonyl (C=O) groups excluding carboxylic acids is 1. The predicted molar refractivity (Wildman–Crippen MR) is 84.4 cm³/mol. The number of pyridine rings is 1. The Bertz CT molecular complexity index is 792. The molecule has 1 N–H and O–H groups in total. The van der Waals surface area contributed by atoms with Gasteiger partial charge in [0.1, 0.15) is 5.82 Å². The van der Waals surface area contributed by atoms with Crippen LogP contribution in [-0.4, -0.2) is 20.7 Å². The molecule has 0 saturated heterocycles. The summed E-state index contributed by atoms with van der Waals surface area (Å²) in [5.74, 6) is -0.470. The number of nitrogens with one attached hydrogen (secondary N) is 1. The Balaban J connectivity index is 2.38. The molecule has 10 heteroatoms. The van der Waals surface area contributed by atoms with E-state index in [0.29, 0.717) is 5.56 Å². The highest BCUT2D eigenvalue weighted by Crippen LogP contribution is 2.24. The van der Waals surface area contributed by atoms with Gasteiger partial charge in [0.05, 0.1) is 21.5 Å². The molecule has 1 aromatic heterocycles. The summed E-state index contributed by atoms with van der Waals surface area (Å²) in [7, 11) is 0. The quantitative estimate of drug-likeness (QED) is 0.640. The monoisotopic (exact) mass is 380 g/mol. The molecule has 0 aliphatic carbocycles. The zero-order chi connectivity index (χ0) is 17.1. The summed E-state index contributed by atoms with van der Waals surface area (Å²) in [6.07, 6.45) is 1.47. The van der Waals surface area contributed by atoms with Crippen LogP contribution in [0.5, 0.6) is 0 Å². The Morgan fingerprint density at radius 3 is 2.17 bits per heavy atom. The number of aromatic nitrogens is 1. The van der Waals surface area contributed by atoms with Crippen LogP contribution in [0.3, 0.4) is 0 Å². The molecule has 1 aromatic carbocycles. The maximum atomic E-state index is 12.2. The fourth-order valence-electron chi connectivity index (χ4n) is 1.79. The minimum absolute atomic E-state index is 0.199. The molecule has 118 valence electrons.